The lowest BCUT2D eigenvalue weighted by Crippen LogP contribution is -2.13. The maximum Gasteiger partial charge on any atom is 0.0636 e. The Morgan fingerprint density at radius 1 is 1.13 bits per heavy atom. The van der Waals surface area contributed by atoms with Gasteiger partial charge in [0.1, 0.15) is 0 Å². The maximum atomic E-state index is 9.79. The second-order valence-electron chi connectivity index (χ2n) is 4.99. The molecule has 2 rings (SSSR count). The Morgan fingerprint density at radius 3 is 2.52 bits per heavy atom. The van der Waals surface area contributed by atoms with Gasteiger partial charge in [-0.3, -0.25) is 0 Å². The second-order valence-corrected chi connectivity index (χ2v) is 5.80. The van der Waals surface area contributed by atoms with Gasteiger partial charge in [-0.25, -0.2) is 0 Å². The summed E-state index contributed by atoms with van der Waals surface area (Å²) in [6.07, 6.45) is 3.51. The Kier molecular flexibility index (Phi) is 6.51. The van der Waals surface area contributed by atoms with E-state index in [0.29, 0.717) is 16.5 Å². The summed E-state index contributed by atoms with van der Waals surface area (Å²) in [6, 6.07) is 13.1. The molecule has 4 nitrogen and oxygen atoms in total. The lowest BCUT2D eigenvalue weighted by Gasteiger charge is -2.08. The van der Waals surface area contributed by atoms with E-state index in [4.69, 9.17) is 28.7 Å². The number of aliphatic hydroxyl groups excluding tert-OH is 1. The third kappa shape index (κ3) is 5.31. The molecule has 0 aromatic heterocycles. The summed E-state index contributed by atoms with van der Waals surface area (Å²) < 4.78 is 0. The van der Waals surface area contributed by atoms with E-state index in [0.717, 1.165) is 16.7 Å². The molecule has 0 aliphatic heterocycles. The van der Waals surface area contributed by atoms with Crippen LogP contribution in [0.3, 0.4) is 0 Å². The topological polar surface area (TPSA) is 69.0 Å². The van der Waals surface area contributed by atoms with Crippen molar-refractivity contribution in [1.82, 2.24) is 0 Å². The first-order valence-electron chi connectivity index (χ1n) is 7.00. The van der Waals surface area contributed by atoms with Crippen LogP contribution in [0, 0.1) is 0 Å². The van der Waals surface area contributed by atoms with E-state index >= 15 is 0 Å². The molecule has 0 radical (unpaired) electrons. The first kappa shape index (κ1) is 17.4. The highest BCUT2D eigenvalue weighted by atomic mass is 35.5. The molecule has 0 heterocycles. The fraction of sp³-hybridized carbons (Fsp3) is 0.176. The molecular formula is C17H15Cl2N3O. The Bertz CT molecular complexity index is 735. The van der Waals surface area contributed by atoms with E-state index in [1.165, 1.54) is 0 Å². The Labute approximate surface area is 144 Å². The van der Waals surface area contributed by atoms with Crippen LogP contribution in [0.5, 0.6) is 0 Å². The molecule has 1 atom stereocenters. The third-order valence-electron chi connectivity index (χ3n) is 3.22. The van der Waals surface area contributed by atoms with Crippen molar-refractivity contribution in [2.75, 3.05) is 6.54 Å². The van der Waals surface area contributed by atoms with Gasteiger partial charge in [-0.05, 0) is 35.2 Å². The average molecular weight is 348 g/mol. The van der Waals surface area contributed by atoms with Gasteiger partial charge < -0.3 is 5.11 Å². The van der Waals surface area contributed by atoms with Crippen LogP contribution in [-0.2, 0) is 6.42 Å². The monoisotopic (exact) mass is 347 g/mol. The molecule has 0 aliphatic rings. The first-order chi connectivity index (χ1) is 11.1. The van der Waals surface area contributed by atoms with E-state index in [2.05, 4.69) is 10.0 Å². The number of azide groups is 1. The van der Waals surface area contributed by atoms with Crippen molar-refractivity contribution in [3.05, 3.63) is 79.6 Å². The molecule has 0 fully saturated rings. The summed E-state index contributed by atoms with van der Waals surface area (Å²) in [6.45, 7) is 0.0613. The Hall–Kier alpha value is -1.97. The molecule has 0 amide bonds. The summed E-state index contributed by atoms with van der Waals surface area (Å²) in [4.78, 5) is 2.64. The van der Waals surface area contributed by atoms with Crippen LogP contribution in [0.2, 0.25) is 10.0 Å². The van der Waals surface area contributed by atoms with Crippen LogP contribution in [0.15, 0.2) is 47.6 Å². The molecule has 6 heteroatoms. The van der Waals surface area contributed by atoms with E-state index in [-0.39, 0.29) is 6.54 Å². The minimum absolute atomic E-state index is 0.0613. The van der Waals surface area contributed by atoms with Gasteiger partial charge in [0.2, 0.25) is 0 Å². The zero-order valence-corrected chi connectivity index (χ0v) is 13.7. The number of hydrogen-bond donors (Lipinski definition) is 1. The minimum atomic E-state index is -0.692. The number of rotatable bonds is 6. The lowest BCUT2D eigenvalue weighted by atomic mass is 10.0. The SMILES string of the molecule is [N-]=[N+]=NC[C@@H](O)Cc1cccc(/C=C/c2c(Cl)cccc2Cl)c1. The highest BCUT2D eigenvalue weighted by Crippen LogP contribution is 2.26. The van der Waals surface area contributed by atoms with Gasteiger partial charge in [-0.1, -0.05) is 70.8 Å². The van der Waals surface area contributed by atoms with Gasteiger partial charge in [0.25, 0.3) is 0 Å². The van der Waals surface area contributed by atoms with E-state index in [1.807, 2.05) is 36.4 Å². The lowest BCUT2D eigenvalue weighted by molar-refractivity contribution is 0.183. The zero-order valence-electron chi connectivity index (χ0n) is 12.2. The van der Waals surface area contributed by atoms with Crippen molar-refractivity contribution in [2.45, 2.75) is 12.5 Å². The third-order valence-corrected chi connectivity index (χ3v) is 3.88. The predicted octanol–water partition coefficient (Wildman–Crippen LogP) is 5.38. The van der Waals surface area contributed by atoms with Crippen LogP contribution in [-0.4, -0.2) is 17.8 Å². The summed E-state index contributed by atoms with van der Waals surface area (Å²) >= 11 is 12.3. The summed E-state index contributed by atoms with van der Waals surface area (Å²) in [5.41, 5.74) is 11.0. The van der Waals surface area contributed by atoms with Crippen molar-refractivity contribution in [3.63, 3.8) is 0 Å². The fourth-order valence-corrected chi connectivity index (χ4v) is 2.66. The Balaban J connectivity index is 2.13. The van der Waals surface area contributed by atoms with Gasteiger partial charge in [-0.15, -0.1) is 0 Å². The molecule has 0 bridgehead atoms. The molecule has 118 valence electrons. The maximum absolute atomic E-state index is 9.79. The Morgan fingerprint density at radius 2 is 1.83 bits per heavy atom. The second kappa shape index (κ2) is 8.61. The van der Waals surface area contributed by atoms with E-state index in [9.17, 15) is 5.11 Å². The van der Waals surface area contributed by atoms with Crippen LogP contribution in [0.25, 0.3) is 22.6 Å². The molecule has 0 aliphatic carbocycles. The van der Waals surface area contributed by atoms with Gasteiger partial charge in [0, 0.05) is 20.5 Å². The van der Waals surface area contributed by atoms with Gasteiger partial charge in [-0.2, -0.15) is 0 Å². The quantitative estimate of drug-likeness (QED) is 0.324. The van der Waals surface area contributed by atoms with E-state index in [1.54, 1.807) is 18.2 Å². The molecule has 0 saturated heterocycles. The van der Waals surface area contributed by atoms with Crippen molar-refractivity contribution < 1.29 is 5.11 Å². The molecule has 2 aromatic rings. The van der Waals surface area contributed by atoms with Crippen molar-refractivity contribution in [1.29, 1.82) is 0 Å². The fourth-order valence-electron chi connectivity index (χ4n) is 2.14. The van der Waals surface area contributed by atoms with Gasteiger partial charge in [0.05, 0.1) is 12.6 Å². The molecule has 0 spiro atoms. The predicted molar refractivity (Wildman–Crippen MR) is 95.6 cm³/mol. The molecular weight excluding hydrogens is 333 g/mol. The molecule has 23 heavy (non-hydrogen) atoms. The zero-order chi connectivity index (χ0) is 16.7. The highest BCUT2D eigenvalue weighted by molar-refractivity contribution is 6.37. The minimum Gasteiger partial charge on any atom is -0.393 e. The number of halogens is 2. The molecule has 0 unspecified atom stereocenters. The smallest absolute Gasteiger partial charge is 0.0636 e. The standard InChI is InChI=1S/C17H15Cl2N3O/c18-16-5-2-6-17(19)15(16)8-7-12-3-1-4-13(9-12)10-14(23)11-21-22-20/h1-9,14,23H,10-11H2/b8-7+/t14-/m0/s1. The number of nitrogens with zero attached hydrogens (tertiary/aromatic N) is 3. The van der Waals surface area contributed by atoms with Crippen LogP contribution >= 0.6 is 23.2 Å². The summed E-state index contributed by atoms with van der Waals surface area (Å²) in [7, 11) is 0. The summed E-state index contributed by atoms with van der Waals surface area (Å²) in [5.74, 6) is 0. The number of benzene rings is 2. The number of aliphatic hydroxyl groups is 1. The van der Waals surface area contributed by atoms with Crippen molar-refractivity contribution in [2.24, 2.45) is 5.11 Å². The molecule has 2 aromatic carbocycles. The summed E-state index contributed by atoms with van der Waals surface area (Å²) in [5, 5.41) is 14.3. The van der Waals surface area contributed by atoms with Gasteiger partial charge >= 0.3 is 0 Å². The van der Waals surface area contributed by atoms with E-state index < -0.39 is 6.10 Å². The van der Waals surface area contributed by atoms with Crippen molar-refractivity contribution in [3.8, 4) is 0 Å². The normalized spacial score (nSPS) is 12.1. The van der Waals surface area contributed by atoms with Gasteiger partial charge in [0.15, 0.2) is 0 Å². The van der Waals surface area contributed by atoms with Crippen LogP contribution in [0.4, 0.5) is 0 Å². The van der Waals surface area contributed by atoms with Crippen LogP contribution in [0.1, 0.15) is 16.7 Å². The largest absolute Gasteiger partial charge is 0.393 e. The molecule has 1 N–H and O–H groups in total. The average Bonchev–Trinajstić information content (AvgIpc) is 2.53. The van der Waals surface area contributed by atoms with Crippen LogP contribution < -0.4 is 0 Å². The molecule has 0 saturated carbocycles. The van der Waals surface area contributed by atoms with Crippen molar-refractivity contribution >= 4 is 35.4 Å². The number of hydrogen-bond acceptors (Lipinski definition) is 2. The first-order valence-corrected chi connectivity index (χ1v) is 7.75. The highest BCUT2D eigenvalue weighted by Gasteiger charge is 2.05.